The van der Waals surface area contributed by atoms with E-state index in [0.717, 1.165) is 22.8 Å². The third kappa shape index (κ3) is 4.00. The van der Waals surface area contributed by atoms with Gasteiger partial charge in [-0.1, -0.05) is 17.7 Å². The van der Waals surface area contributed by atoms with Crippen molar-refractivity contribution in [3.8, 4) is 0 Å². The molecule has 1 aliphatic heterocycles. The maximum absolute atomic E-state index is 13.7. The van der Waals surface area contributed by atoms with Gasteiger partial charge in [-0.15, -0.1) is 0 Å². The molecule has 0 radical (unpaired) electrons. The molecule has 1 saturated heterocycles. The molecule has 1 amide bonds. The van der Waals surface area contributed by atoms with Crippen LogP contribution in [-0.2, 0) is 17.6 Å². The monoisotopic (exact) mass is 449 g/mol. The Kier molecular flexibility index (Phi) is 5.12. The molecule has 4 nitrogen and oxygen atoms in total. The summed E-state index contributed by atoms with van der Waals surface area (Å²) in [6.45, 7) is 0.108. The molecular weight excluding hydrogens is 427 g/mol. The number of likely N-dealkylation sites (tertiary alicyclic amines) is 1. The van der Waals surface area contributed by atoms with Crippen LogP contribution in [0.25, 0.3) is 0 Å². The summed E-state index contributed by atoms with van der Waals surface area (Å²) in [5, 5.41) is 4.25. The Hall–Kier alpha value is -2.28. The average molecular weight is 450 g/mol. The van der Waals surface area contributed by atoms with Crippen molar-refractivity contribution in [1.82, 2.24) is 9.88 Å². The second kappa shape index (κ2) is 7.69. The number of hydrogen-bond acceptors (Lipinski definition) is 3. The van der Waals surface area contributed by atoms with Gasteiger partial charge in [-0.05, 0) is 72.9 Å². The van der Waals surface area contributed by atoms with E-state index in [9.17, 15) is 18.0 Å². The van der Waals surface area contributed by atoms with Gasteiger partial charge in [0.1, 0.15) is 0 Å². The van der Waals surface area contributed by atoms with Crippen molar-refractivity contribution in [2.24, 2.45) is 0 Å². The molecule has 1 aromatic heterocycles. The fourth-order valence-corrected chi connectivity index (χ4v) is 5.28. The van der Waals surface area contributed by atoms with Gasteiger partial charge in [-0.3, -0.25) is 9.78 Å². The van der Waals surface area contributed by atoms with Crippen LogP contribution in [-0.4, -0.2) is 34.6 Å². The number of benzene rings is 1. The molecule has 2 aliphatic carbocycles. The number of pyridine rings is 1. The van der Waals surface area contributed by atoms with Crippen molar-refractivity contribution in [3.05, 3.63) is 57.9 Å². The van der Waals surface area contributed by atoms with Gasteiger partial charge in [0, 0.05) is 24.0 Å². The van der Waals surface area contributed by atoms with Crippen molar-refractivity contribution in [2.75, 3.05) is 11.9 Å². The summed E-state index contributed by atoms with van der Waals surface area (Å²) in [6, 6.07) is 5.21. The van der Waals surface area contributed by atoms with Gasteiger partial charge in [0.2, 0.25) is 5.91 Å². The molecule has 0 spiro atoms. The first-order valence-corrected chi connectivity index (χ1v) is 11.1. The smallest absolute Gasteiger partial charge is 0.380 e. The number of carbonyl (C=O) groups is 1. The van der Waals surface area contributed by atoms with Gasteiger partial charge in [0.05, 0.1) is 17.6 Å². The highest BCUT2D eigenvalue weighted by molar-refractivity contribution is 6.31. The highest BCUT2D eigenvalue weighted by Crippen LogP contribution is 2.47. The number of aromatic nitrogens is 1. The van der Waals surface area contributed by atoms with Crippen LogP contribution >= 0.6 is 11.6 Å². The number of rotatable bonds is 5. The predicted octanol–water partition coefficient (Wildman–Crippen LogP) is 5.42. The Labute approximate surface area is 183 Å². The number of nitrogens with zero attached hydrogens (tertiary/aromatic N) is 2. The van der Waals surface area contributed by atoms with E-state index in [1.165, 1.54) is 41.8 Å². The number of amides is 1. The molecule has 2 aromatic rings. The fraction of sp³-hybridized carbons (Fsp3) is 0.478. The van der Waals surface area contributed by atoms with E-state index >= 15 is 0 Å². The largest absolute Gasteiger partial charge is 0.414 e. The number of nitrogens with one attached hydrogen (secondary N) is 1. The molecule has 2 heterocycles. The maximum Gasteiger partial charge on any atom is 0.414 e. The number of alkyl halides is 3. The molecular formula is C23H23ClF3N3O. The lowest BCUT2D eigenvalue weighted by Gasteiger charge is -2.29. The molecule has 2 atom stereocenters. The van der Waals surface area contributed by atoms with E-state index in [2.05, 4.69) is 16.4 Å². The van der Waals surface area contributed by atoms with Crippen molar-refractivity contribution in [2.45, 2.75) is 62.7 Å². The summed E-state index contributed by atoms with van der Waals surface area (Å²) < 4.78 is 41.1. The van der Waals surface area contributed by atoms with Crippen LogP contribution in [0.2, 0.25) is 5.02 Å². The van der Waals surface area contributed by atoms with E-state index < -0.39 is 18.1 Å². The first-order chi connectivity index (χ1) is 14.8. The van der Waals surface area contributed by atoms with Gasteiger partial charge < -0.3 is 10.2 Å². The van der Waals surface area contributed by atoms with Crippen molar-refractivity contribution in [1.29, 1.82) is 0 Å². The fourth-order valence-electron chi connectivity index (χ4n) is 4.95. The molecule has 5 rings (SSSR count). The standard InChI is InChI=1S/C23H23ClF3N3O/c24-18-7-5-14-10-16(11-17(14)21(18)13-3-4-13)29-15-6-8-19(28-12-15)22(23(25,26)27)30-9-1-2-20(30)31/h5-8,12-13,16,22,29H,1-4,9-11H2/t16?,22-/m0/s1. The lowest BCUT2D eigenvalue weighted by atomic mass is 9.99. The highest BCUT2D eigenvalue weighted by Gasteiger charge is 2.48. The molecule has 164 valence electrons. The van der Waals surface area contributed by atoms with Crippen molar-refractivity contribution in [3.63, 3.8) is 0 Å². The molecule has 2 fully saturated rings. The number of fused-ring (bicyclic) bond motifs is 1. The Bertz CT molecular complexity index is 1000. The summed E-state index contributed by atoms with van der Waals surface area (Å²) in [6.07, 6.45) is 1.53. The maximum atomic E-state index is 13.7. The topological polar surface area (TPSA) is 45.2 Å². The van der Waals surface area contributed by atoms with Crippen LogP contribution in [0, 0.1) is 0 Å². The summed E-state index contributed by atoms with van der Waals surface area (Å²) in [4.78, 5) is 16.9. The molecule has 1 saturated carbocycles. The molecule has 1 unspecified atom stereocenters. The summed E-state index contributed by atoms with van der Waals surface area (Å²) >= 11 is 6.45. The minimum absolute atomic E-state index is 0.108. The van der Waals surface area contributed by atoms with Crippen LogP contribution in [0.4, 0.5) is 18.9 Å². The summed E-state index contributed by atoms with van der Waals surface area (Å²) in [5.41, 5.74) is 4.42. The van der Waals surface area contributed by atoms with Gasteiger partial charge in [-0.2, -0.15) is 13.2 Å². The number of halogens is 4. The van der Waals surface area contributed by atoms with Crippen LogP contribution in [0.5, 0.6) is 0 Å². The zero-order valence-corrected chi connectivity index (χ0v) is 17.6. The lowest BCUT2D eigenvalue weighted by molar-refractivity contribution is -0.189. The van der Waals surface area contributed by atoms with Crippen LogP contribution in [0.3, 0.4) is 0 Å². The third-order valence-corrected chi connectivity index (χ3v) is 6.80. The summed E-state index contributed by atoms with van der Waals surface area (Å²) in [7, 11) is 0. The zero-order valence-electron chi connectivity index (χ0n) is 16.9. The van der Waals surface area contributed by atoms with Crippen LogP contribution < -0.4 is 5.32 Å². The zero-order chi connectivity index (χ0) is 21.8. The van der Waals surface area contributed by atoms with Gasteiger partial charge in [0.25, 0.3) is 0 Å². The minimum Gasteiger partial charge on any atom is -0.380 e. The van der Waals surface area contributed by atoms with Crippen LogP contribution in [0.1, 0.15) is 60.0 Å². The second-order valence-electron chi connectivity index (χ2n) is 8.73. The Balaban J connectivity index is 1.31. The molecule has 8 heteroatoms. The van der Waals surface area contributed by atoms with Crippen LogP contribution in [0.15, 0.2) is 30.5 Å². The highest BCUT2D eigenvalue weighted by atomic mass is 35.5. The molecule has 31 heavy (non-hydrogen) atoms. The summed E-state index contributed by atoms with van der Waals surface area (Å²) in [5.74, 6) is 0.0925. The Morgan fingerprint density at radius 2 is 1.97 bits per heavy atom. The third-order valence-electron chi connectivity index (χ3n) is 6.47. The van der Waals surface area contributed by atoms with E-state index in [4.69, 9.17) is 11.6 Å². The second-order valence-corrected chi connectivity index (χ2v) is 9.14. The molecule has 1 N–H and O–H groups in total. The van der Waals surface area contributed by atoms with Crippen molar-refractivity contribution < 1.29 is 18.0 Å². The lowest BCUT2D eigenvalue weighted by Crippen LogP contribution is -2.39. The van der Waals surface area contributed by atoms with Gasteiger partial charge >= 0.3 is 6.18 Å². The first kappa shape index (κ1) is 20.6. The Morgan fingerprint density at radius 3 is 2.58 bits per heavy atom. The van der Waals surface area contributed by atoms with Crippen molar-refractivity contribution >= 4 is 23.2 Å². The molecule has 3 aliphatic rings. The number of anilines is 1. The van der Waals surface area contributed by atoms with E-state index in [0.29, 0.717) is 18.0 Å². The van der Waals surface area contributed by atoms with E-state index in [1.54, 1.807) is 6.07 Å². The predicted molar refractivity (Wildman–Crippen MR) is 112 cm³/mol. The molecule has 1 aromatic carbocycles. The van der Waals surface area contributed by atoms with E-state index in [1.807, 2.05) is 6.07 Å². The van der Waals surface area contributed by atoms with Gasteiger partial charge in [0.15, 0.2) is 6.04 Å². The first-order valence-electron chi connectivity index (χ1n) is 10.7. The van der Waals surface area contributed by atoms with E-state index in [-0.39, 0.29) is 24.7 Å². The normalized spacial score (nSPS) is 22.0. The number of carbonyl (C=O) groups excluding carboxylic acids is 1. The average Bonchev–Trinajstić information content (AvgIpc) is 3.33. The van der Waals surface area contributed by atoms with Gasteiger partial charge in [-0.25, -0.2) is 0 Å². The quantitative estimate of drug-likeness (QED) is 0.663. The SMILES string of the molecule is O=C1CCCN1[C@@H](c1ccc(NC2Cc3ccc(Cl)c(C4CC4)c3C2)cn1)C(F)(F)F. The number of hydrogen-bond donors (Lipinski definition) is 1. The molecule has 0 bridgehead atoms. The minimum atomic E-state index is -4.56. The Morgan fingerprint density at radius 1 is 1.16 bits per heavy atom.